The molecule has 160 valence electrons. The van der Waals surface area contributed by atoms with Gasteiger partial charge >= 0.3 is 0 Å². The zero-order chi connectivity index (χ0) is 21.3. The number of carbonyl (C=O) groups excluding carboxylic acids is 2. The molecule has 1 N–H and O–H groups in total. The fraction of sp³-hybridized carbons (Fsp3) is 0.417. The Kier molecular flexibility index (Phi) is 8.14. The maximum absolute atomic E-state index is 12.6. The van der Waals surface area contributed by atoms with Gasteiger partial charge in [-0.1, -0.05) is 41.9 Å². The molecule has 0 spiro atoms. The third-order valence-corrected chi connectivity index (χ3v) is 5.82. The van der Waals surface area contributed by atoms with Crippen LogP contribution < -0.4 is 10.1 Å². The number of hydrogen-bond donors (Lipinski definition) is 1. The quantitative estimate of drug-likeness (QED) is 0.616. The van der Waals surface area contributed by atoms with Crippen molar-refractivity contribution in [3.05, 3.63) is 64.7 Å². The van der Waals surface area contributed by atoms with Gasteiger partial charge in [0.2, 0.25) is 11.8 Å². The van der Waals surface area contributed by atoms with E-state index in [4.69, 9.17) is 16.3 Å². The van der Waals surface area contributed by atoms with Crippen LogP contribution in [0.1, 0.15) is 30.4 Å². The van der Waals surface area contributed by atoms with Gasteiger partial charge in [-0.25, -0.2) is 0 Å². The largest absolute Gasteiger partial charge is 0.496 e. The lowest BCUT2D eigenvalue weighted by Crippen LogP contribution is -2.46. The third kappa shape index (κ3) is 6.23. The molecule has 1 atom stereocenters. The molecule has 0 saturated carbocycles. The Bertz CT molecular complexity index is 854. The first kappa shape index (κ1) is 22.2. The number of nitrogens with one attached hydrogen (secondary N) is 1. The lowest BCUT2D eigenvalue weighted by Gasteiger charge is -2.32. The number of piperidine rings is 1. The van der Waals surface area contributed by atoms with E-state index in [-0.39, 0.29) is 17.7 Å². The van der Waals surface area contributed by atoms with Crippen molar-refractivity contribution in [2.24, 2.45) is 5.92 Å². The summed E-state index contributed by atoms with van der Waals surface area (Å²) in [6.45, 7) is 1.73. The number of rotatable bonds is 9. The van der Waals surface area contributed by atoms with E-state index in [1.165, 1.54) is 0 Å². The molecule has 30 heavy (non-hydrogen) atoms. The highest BCUT2D eigenvalue weighted by atomic mass is 35.5. The fourth-order valence-corrected chi connectivity index (χ4v) is 3.93. The summed E-state index contributed by atoms with van der Waals surface area (Å²) in [6.07, 6.45) is 3.50. The highest BCUT2D eigenvalue weighted by Crippen LogP contribution is 2.20. The van der Waals surface area contributed by atoms with Crippen molar-refractivity contribution >= 4 is 23.4 Å². The minimum Gasteiger partial charge on any atom is -0.496 e. The first-order valence-corrected chi connectivity index (χ1v) is 10.9. The number of carbonyl (C=O) groups is 2. The first-order valence-electron chi connectivity index (χ1n) is 10.5. The van der Waals surface area contributed by atoms with E-state index in [0.29, 0.717) is 37.5 Å². The average Bonchev–Trinajstić information content (AvgIpc) is 2.77. The SMILES string of the molecule is COc1ccccc1CCCNC(=O)[C@H]1CCC(=O)N(CCc2ccc(Cl)cc2)C1. The van der Waals surface area contributed by atoms with Crippen LogP contribution in [0.25, 0.3) is 0 Å². The summed E-state index contributed by atoms with van der Waals surface area (Å²) in [4.78, 5) is 26.7. The summed E-state index contributed by atoms with van der Waals surface area (Å²) in [5.74, 6) is 0.910. The third-order valence-electron chi connectivity index (χ3n) is 5.57. The number of para-hydroxylation sites is 1. The summed E-state index contributed by atoms with van der Waals surface area (Å²) < 4.78 is 5.37. The number of aryl methyl sites for hydroxylation is 1. The Labute approximate surface area is 183 Å². The summed E-state index contributed by atoms with van der Waals surface area (Å²) in [5, 5.41) is 3.75. The van der Waals surface area contributed by atoms with Gasteiger partial charge in [-0.05, 0) is 55.0 Å². The van der Waals surface area contributed by atoms with Crippen LogP contribution in [-0.4, -0.2) is 43.5 Å². The molecule has 0 aromatic heterocycles. The maximum Gasteiger partial charge on any atom is 0.224 e. The number of nitrogens with zero attached hydrogens (tertiary/aromatic N) is 1. The number of likely N-dealkylation sites (tertiary alicyclic amines) is 1. The van der Waals surface area contributed by atoms with Gasteiger partial charge in [-0.2, -0.15) is 0 Å². The molecule has 1 aliphatic rings. The van der Waals surface area contributed by atoms with E-state index in [2.05, 4.69) is 5.32 Å². The molecule has 0 unspecified atom stereocenters. The number of hydrogen-bond acceptors (Lipinski definition) is 3. The van der Waals surface area contributed by atoms with Gasteiger partial charge in [-0.3, -0.25) is 9.59 Å². The van der Waals surface area contributed by atoms with E-state index in [1.807, 2.05) is 53.4 Å². The minimum absolute atomic E-state index is 0.0408. The van der Waals surface area contributed by atoms with E-state index >= 15 is 0 Å². The van der Waals surface area contributed by atoms with E-state index in [0.717, 1.165) is 36.1 Å². The molecule has 1 heterocycles. The van der Waals surface area contributed by atoms with Crippen molar-refractivity contribution in [1.29, 1.82) is 0 Å². The fourth-order valence-electron chi connectivity index (χ4n) is 3.80. The van der Waals surface area contributed by atoms with Gasteiger partial charge in [0.05, 0.1) is 13.0 Å². The first-order chi connectivity index (χ1) is 14.6. The molecule has 0 bridgehead atoms. The molecule has 2 aromatic carbocycles. The second-order valence-corrected chi connectivity index (χ2v) is 8.09. The van der Waals surface area contributed by atoms with Crippen LogP contribution in [0, 0.1) is 5.92 Å². The summed E-state index contributed by atoms with van der Waals surface area (Å²) in [6, 6.07) is 15.6. The lowest BCUT2D eigenvalue weighted by atomic mass is 9.96. The van der Waals surface area contributed by atoms with Crippen molar-refractivity contribution in [1.82, 2.24) is 10.2 Å². The van der Waals surface area contributed by atoms with Crippen LogP contribution >= 0.6 is 11.6 Å². The molecule has 2 amide bonds. The van der Waals surface area contributed by atoms with Crippen molar-refractivity contribution in [3.63, 3.8) is 0 Å². The second kappa shape index (κ2) is 11.0. The van der Waals surface area contributed by atoms with Gasteiger partial charge in [0.1, 0.15) is 5.75 Å². The molecule has 2 aromatic rings. The Hall–Kier alpha value is -2.53. The Morgan fingerprint density at radius 3 is 2.70 bits per heavy atom. The topological polar surface area (TPSA) is 58.6 Å². The smallest absolute Gasteiger partial charge is 0.224 e. The molecule has 6 heteroatoms. The van der Waals surface area contributed by atoms with Crippen LogP contribution in [0.3, 0.4) is 0 Å². The van der Waals surface area contributed by atoms with Gasteiger partial charge in [-0.15, -0.1) is 0 Å². The Morgan fingerprint density at radius 2 is 1.93 bits per heavy atom. The molecular weight excluding hydrogens is 400 g/mol. The molecule has 0 aliphatic carbocycles. The van der Waals surface area contributed by atoms with Crippen LogP contribution in [0.15, 0.2) is 48.5 Å². The Balaban J connectivity index is 1.43. The van der Waals surface area contributed by atoms with Gasteiger partial charge in [0.15, 0.2) is 0 Å². The molecule has 0 radical (unpaired) electrons. The molecule has 3 rings (SSSR count). The van der Waals surface area contributed by atoms with Crippen molar-refractivity contribution in [2.45, 2.75) is 32.1 Å². The normalized spacial score (nSPS) is 16.4. The number of benzene rings is 2. The standard InChI is InChI=1S/C24H29ClN2O3/c1-30-22-7-3-2-5-19(22)6-4-15-26-24(29)20-10-13-23(28)27(17-20)16-14-18-8-11-21(25)12-9-18/h2-3,5,7-9,11-12,20H,4,6,10,13-17H2,1H3,(H,26,29)/t20-/m0/s1. The van der Waals surface area contributed by atoms with Crippen molar-refractivity contribution < 1.29 is 14.3 Å². The van der Waals surface area contributed by atoms with Crippen molar-refractivity contribution in [2.75, 3.05) is 26.7 Å². The van der Waals surface area contributed by atoms with Crippen LogP contribution in [-0.2, 0) is 22.4 Å². The van der Waals surface area contributed by atoms with Crippen LogP contribution in [0.5, 0.6) is 5.75 Å². The van der Waals surface area contributed by atoms with E-state index < -0.39 is 0 Å². The number of methoxy groups -OCH3 is 1. The monoisotopic (exact) mass is 428 g/mol. The van der Waals surface area contributed by atoms with Gasteiger partial charge in [0.25, 0.3) is 0 Å². The number of amides is 2. The van der Waals surface area contributed by atoms with E-state index in [1.54, 1.807) is 7.11 Å². The maximum atomic E-state index is 12.6. The second-order valence-electron chi connectivity index (χ2n) is 7.66. The molecular formula is C24H29ClN2O3. The van der Waals surface area contributed by atoms with E-state index in [9.17, 15) is 9.59 Å². The predicted octanol–water partition coefficient (Wildman–Crippen LogP) is 3.88. The highest BCUT2D eigenvalue weighted by Gasteiger charge is 2.29. The molecule has 1 fully saturated rings. The minimum atomic E-state index is -0.140. The summed E-state index contributed by atoms with van der Waals surface area (Å²) in [5.41, 5.74) is 2.28. The molecule has 1 saturated heterocycles. The number of halogens is 1. The zero-order valence-electron chi connectivity index (χ0n) is 17.4. The Morgan fingerprint density at radius 1 is 1.17 bits per heavy atom. The van der Waals surface area contributed by atoms with Gasteiger partial charge < -0.3 is 15.0 Å². The lowest BCUT2D eigenvalue weighted by molar-refractivity contribution is -0.138. The summed E-state index contributed by atoms with van der Waals surface area (Å²) in [7, 11) is 1.67. The number of ether oxygens (including phenoxy) is 1. The van der Waals surface area contributed by atoms with Gasteiger partial charge in [0, 0.05) is 31.1 Å². The molecule has 1 aliphatic heterocycles. The average molecular weight is 429 g/mol. The highest BCUT2D eigenvalue weighted by molar-refractivity contribution is 6.30. The van der Waals surface area contributed by atoms with Crippen molar-refractivity contribution in [3.8, 4) is 5.75 Å². The van der Waals surface area contributed by atoms with Crippen LogP contribution in [0.2, 0.25) is 5.02 Å². The predicted molar refractivity (Wildman–Crippen MR) is 119 cm³/mol. The van der Waals surface area contributed by atoms with Crippen LogP contribution in [0.4, 0.5) is 0 Å². The summed E-state index contributed by atoms with van der Waals surface area (Å²) >= 11 is 5.92. The molecule has 5 nitrogen and oxygen atoms in total. The zero-order valence-corrected chi connectivity index (χ0v) is 18.2.